The minimum atomic E-state index is -0.465. The Morgan fingerprint density at radius 3 is 2.93 bits per heavy atom. The molecular weight excluding hydrogens is 204 g/mol. The molecule has 4 nitrogen and oxygen atoms in total. The lowest BCUT2D eigenvalue weighted by Crippen LogP contribution is -2.32. The fourth-order valence-corrected chi connectivity index (χ4v) is 1.44. The molecule has 2 atom stereocenters. The van der Waals surface area contributed by atoms with Crippen LogP contribution in [-0.2, 0) is 4.74 Å². The summed E-state index contributed by atoms with van der Waals surface area (Å²) in [4.78, 5) is 4.07. The lowest BCUT2D eigenvalue weighted by atomic mass is 10.2. The van der Waals surface area contributed by atoms with Gasteiger partial charge < -0.3 is 15.2 Å². The summed E-state index contributed by atoms with van der Waals surface area (Å²) in [5.41, 5.74) is 0. The summed E-state index contributed by atoms with van der Waals surface area (Å²) in [5.74, 6) is 0.698. The molecule has 0 aromatic carbocycles. The van der Waals surface area contributed by atoms with Crippen LogP contribution in [0.4, 0.5) is 5.82 Å². The van der Waals surface area contributed by atoms with Crippen molar-refractivity contribution in [3.63, 3.8) is 0 Å². The highest BCUT2D eigenvalue weighted by Crippen LogP contribution is 2.14. The largest absolute Gasteiger partial charge is 0.388 e. The molecule has 1 fully saturated rings. The molecule has 2 rings (SSSR count). The fraction of sp³-hybridized carbons (Fsp3) is 0.444. The van der Waals surface area contributed by atoms with E-state index in [0.29, 0.717) is 24.1 Å². The molecule has 1 saturated heterocycles. The van der Waals surface area contributed by atoms with Crippen LogP contribution in [0, 0.1) is 0 Å². The summed E-state index contributed by atoms with van der Waals surface area (Å²) in [5, 5.41) is 13.1. The van der Waals surface area contributed by atoms with Gasteiger partial charge in [-0.05, 0) is 12.1 Å². The van der Waals surface area contributed by atoms with Crippen LogP contribution < -0.4 is 5.32 Å². The number of aromatic nitrogens is 1. The average molecular weight is 215 g/mol. The van der Waals surface area contributed by atoms with Crippen LogP contribution in [0.15, 0.2) is 18.3 Å². The van der Waals surface area contributed by atoms with E-state index in [4.69, 9.17) is 16.3 Å². The van der Waals surface area contributed by atoms with Crippen LogP contribution in [-0.4, -0.2) is 35.5 Å². The smallest absolute Gasteiger partial charge is 0.126 e. The van der Waals surface area contributed by atoms with Crippen molar-refractivity contribution in [2.45, 2.75) is 12.1 Å². The first kappa shape index (κ1) is 9.71. The maximum Gasteiger partial charge on any atom is 0.126 e. The zero-order valence-electron chi connectivity index (χ0n) is 7.48. The van der Waals surface area contributed by atoms with Gasteiger partial charge in [0.2, 0.25) is 0 Å². The minimum Gasteiger partial charge on any atom is -0.388 e. The van der Waals surface area contributed by atoms with Gasteiger partial charge in [-0.25, -0.2) is 4.98 Å². The molecule has 1 aliphatic heterocycles. The lowest BCUT2D eigenvalue weighted by Gasteiger charge is -2.14. The van der Waals surface area contributed by atoms with Gasteiger partial charge in [0.05, 0.1) is 30.4 Å². The standard InChI is InChI=1S/C9H11ClN2O2/c10-6-1-2-9(11-3-6)12-7-4-14-5-8(7)13/h1-3,7-8,13H,4-5H2,(H,11,12)/t7-,8-/m1/s1. The van der Waals surface area contributed by atoms with Crippen LogP contribution in [0.3, 0.4) is 0 Å². The second-order valence-corrected chi connectivity index (χ2v) is 3.65. The summed E-state index contributed by atoms with van der Waals surface area (Å²) in [7, 11) is 0. The van der Waals surface area contributed by atoms with E-state index in [0.717, 1.165) is 0 Å². The Morgan fingerprint density at radius 2 is 2.36 bits per heavy atom. The number of rotatable bonds is 2. The second kappa shape index (κ2) is 4.13. The van der Waals surface area contributed by atoms with Crippen molar-refractivity contribution in [3.8, 4) is 0 Å². The zero-order valence-corrected chi connectivity index (χ0v) is 8.24. The van der Waals surface area contributed by atoms with Gasteiger partial charge in [0.1, 0.15) is 5.82 Å². The van der Waals surface area contributed by atoms with Crippen molar-refractivity contribution in [2.75, 3.05) is 18.5 Å². The average Bonchev–Trinajstić information content (AvgIpc) is 2.56. The van der Waals surface area contributed by atoms with Gasteiger partial charge in [0.25, 0.3) is 0 Å². The molecule has 1 aliphatic rings. The molecule has 2 N–H and O–H groups in total. The number of nitrogens with zero attached hydrogens (tertiary/aromatic N) is 1. The first-order valence-electron chi connectivity index (χ1n) is 4.39. The fourth-order valence-electron chi connectivity index (χ4n) is 1.33. The van der Waals surface area contributed by atoms with E-state index in [1.807, 2.05) is 0 Å². The summed E-state index contributed by atoms with van der Waals surface area (Å²) in [6, 6.07) is 3.44. The Labute approximate surface area is 86.9 Å². The van der Waals surface area contributed by atoms with Crippen molar-refractivity contribution in [2.24, 2.45) is 0 Å². The third kappa shape index (κ3) is 2.15. The Bertz CT molecular complexity index is 304. The van der Waals surface area contributed by atoms with Gasteiger partial charge in [-0.15, -0.1) is 0 Å². The molecule has 0 spiro atoms. The predicted octanol–water partition coefficient (Wildman–Crippen LogP) is 0.907. The molecular formula is C9H11ClN2O2. The summed E-state index contributed by atoms with van der Waals surface area (Å²) >= 11 is 5.69. The molecule has 1 aromatic heterocycles. The number of anilines is 1. The molecule has 2 heterocycles. The summed E-state index contributed by atoms with van der Waals surface area (Å²) < 4.78 is 5.10. The Hall–Kier alpha value is -0.840. The van der Waals surface area contributed by atoms with E-state index in [1.54, 1.807) is 18.3 Å². The molecule has 0 saturated carbocycles. The highest BCUT2D eigenvalue weighted by Gasteiger charge is 2.25. The summed E-state index contributed by atoms with van der Waals surface area (Å²) in [6.07, 6.45) is 1.10. The zero-order chi connectivity index (χ0) is 9.97. The number of pyridine rings is 1. The quantitative estimate of drug-likeness (QED) is 0.769. The van der Waals surface area contributed by atoms with E-state index < -0.39 is 6.10 Å². The van der Waals surface area contributed by atoms with Gasteiger partial charge in [-0.1, -0.05) is 11.6 Å². The molecule has 14 heavy (non-hydrogen) atoms. The number of aliphatic hydroxyl groups is 1. The number of ether oxygens (including phenoxy) is 1. The molecule has 0 amide bonds. The van der Waals surface area contributed by atoms with Crippen LogP contribution in [0.1, 0.15) is 0 Å². The van der Waals surface area contributed by atoms with Gasteiger partial charge in [0, 0.05) is 6.20 Å². The third-order valence-corrected chi connectivity index (χ3v) is 2.33. The Kier molecular flexibility index (Phi) is 2.86. The van der Waals surface area contributed by atoms with E-state index in [2.05, 4.69) is 10.3 Å². The van der Waals surface area contributed by atoms with Gasteiger partial charge >= 0.3 is 0 Å². The van der Waals surface area contributed by atoms with E-state index in [1.165, 1.54) is 0 Å². The van der Waals surface area contributed by atoms with Crippen LogP contribution >= 0.6 is 11.6 Å². The number of halogens is 1. The first-order chi connectivity index (χ1) is 6.75. The molecule has 76 valence electrons. The number of aliphatic hydroxyl groups excluding tert-OH is 1. The van der Waals surface area contributed by atoms with E-state index in [-0.39, 0.29) is 6.04 Å². The number of hydrogen-bond donors (Lipinski definition) is 2. The topological polar surface area (TPSA) is 54.4 Å². The van der Waals surface area contributed by atoms with Crippen molar-refractivity contribution < 1.29 is 9.84 Å². The molecule has 0 radical (unpaired) electrons. The van der Waals surface area contributed by atoms with Crippen molar-refractivity contribution in [3.05, 3.63) is 23.4 Å². The lowest BCUT2D eigenvalue weighted by molar-refractivity contribution is 0.125. The molecule has 5 heteroatoms. The normalized spacial score (nSPS) is 26.4. The number of nitrogens with one attached hydrogen (secondary N) is 1. The first-order valence-corrected chi connectivity index (χ1v) is 4.77. The third-order valence-electron chi connectivity index (χ3n) is 2.11. The van der Waals surface area contributed by atoms with Crippen LogP contribution in [0.2, 0.25) is 5.02 Å². The van der Waals surface area contributed by atoms with Crippen molar-refractivity contribution in [1.29, 1.82) is 0 Å². The molecule has 0 aliphatic carbocycles. The van der Waals surface area contributed by atoms with Gasteiger partial charge in [-0.2, -0.15) is 0 Å². The Balaban J connectivity index is 2.00. The van der Waals surface area contributed by atoms with Crippen LogP contribution in [0.25, 0.3) is 0 Å². The summed E-state index contributed by atoms with van der Waals surface area (Å²) in [6.45, 7) is 0.886. The maximum atomic E-state index is 9.46. The van der Waals surface area contributed by atoms with E-state index >= 15 is 0 Å². The molecule has 0 bridgehead atoms. The van der Waals surface area contributed by atoms with Gasteiger partial charge in [-0.3, -0.25) is 0 Å². The van der Waals surface area contributed by atoms with Crippen molar-refractivity contribution >= 4 is 17.4 Å². The van der Waals surface area contributed by atoms with Crippen LogP contribution in [0.5, 0.6) is 0 Å². The molecule has 1 aromatic rings. The second-order valence-electron chi connectivity index (χ2n) is 3.22. The minimum absolute atomic E-state index is 0.0799. The highest BCUT2D eigenvalue weighted by molar-refractivity contribution is 6.30. The predicted molar refractivity (Wildman–Crippen MR) is 53.5 cm³/mol. The molecule has 0 unspecified atom stereocenters. The van der Waals surface area contributed by atoms with Crippen molar-refractivity contribution in [1.82, 2.24) is 4.98 Å². The highest BCUT2D eigenvalue weighted by atomic mass is 35.5. The van der Waals surface area contributed by atoms with Gasteiger partial charge in [0.15, 0.2) is 0 Å². The Morgan fingerprint density at radius 1 is 1.50 bits per heavy atom. The monoisotopic (exact) mass is 214 g/mol. The maximum absolute atomic E-state index is 9.46. The number of hydrogen-bond acceptors (Lipinski definition) is 4. The SMILES string of the molecule is O[C@@H]1COC[C@H]1Nc1ccc(Cl)cn1. The van der Waals surface area contributed by atoms with E-state index in [9.17, 15) is 5.11 Å².